The minimum atomic E-state index is -0.721. The fourth-order valence-corrected chi connectivity index (χ4v) is 9.96. The third kappa shape index (κ3) is 34.0. The Kier molecular flexibility index (Phi) is 40.1. The highest BCUT2D eigenvalue weighted by Gasteiger charge is 2.28. The topological polar surface area (TPSA) is 321 Å². The van der Waals surface area contributed by atoms with Crippen LogP contribution in [0.2, 0.25) is 0 Å². The lowest BCUT2D eigenvalue weighted by Crippen LogP contribution is -2.28. The van der Waals surface area contributed by atoms with Crippen LogP contribution < -0.4 is 48.3 Å². The van der Waals surface area contributed by atoms with Gasteiger partial charge >= 0.3 is 65.3 Å². The molecule has 0 saturated carbocycles. The first kappa shape index (κ1) is 91.7. The fraction of sp³-hybridized carbons (Fsp3) is 0.308. The van der Waals surface area contributed by atoms with Crippen molar-refractivity contribution in [1.29, 1.82) is 0 Å². The molecule has 0 saturated heterocycles. The van der Waals surface area contributed by atoms with Gasteiger partial charge in [0, 0.05) is 41.8 Å². The van der Waals surface area contributed by atoms with Crippen LogP contribution in [-0.2, 0) is 42.9 Å². The average molecular weight is 1590 g/mol. The first-order valence-electron chi connectivity index (χ1n) is 38.1. The number of ether oxygens (including phenoxy) is 13. The van der Waals surface area contributed by atoms with Gasteiger partial charge in [-0.25, -0.2) is 47.9 Å². The van der Waals surface area contributed by atoms with Gasteiger partial charge in [0.05, 0.1) is 73.9 Å². The van der Waals surface area contributed by atoms with Crippen LogP contribution in [0.5, 0.6) is 51.7 Å². The summed E-state index contributed by atoms with van der Waals surface area (Å²) in [5.41, 5.74) is 0.491. The van der Waals surface area contributed by atoms with Gasteiger partial charge in [-0.15, -0.1) is 0 Å². The Hall–Kier alpha value is -13.2. The molecule has 0 aliphatic rings. The predicted octanol–water partition coefficient (Wildman–Crippen LogP) is 17.8. The van der Waals surface area contributed by atoms with Crippen LogP contribution in [0.25, 0.3) is 11.0 Å². The quantitative estimate of drug-likeness (QED) is 0.00854. The number of carbonyl (C=O) groups is 10. The maximum atomic E-state index is 13.2. The zero-order valence-electron chi connectivity index (χ0n) is 65.8. The molecule has 0 atom stereocenters. The van der Waals surface area contributed by atoms with Crippen molar-refractivity contribution in [3.63, 3.8) is 0 Å². The molecule has 0 spiro atoms. The second kappa shape index (κ2) is 50.7. The van der Waals surface area contributed by atoms with E-state index in [1.54, 1.807) is 97.1 Å². The van der Waals surface area contributed by atoms with Crippen molar-refractivity contribution in [3.8, 4) is 51.7 Å². The number of carbonyl (C=O) groups excluding carboxylic acids is 10. The average Bonchev–Trinajstić information content (AvgIpc) is 0.824. The van der Waals surface area contributed by atoms with Gasteiger partial charge in [0.15, 0.2) is 0 Å². The Morgan fingerprint density at radius 1 is 0.328 bits per heavy atom. The fourth-order valence-electron chi connectivity index (χ4n) is 9.96. The van der Waals surface area contributed by atoms with Crippen LogP contribution in [0.4, 0.5) is 0 Å². The highest BCUT2D eigenvalue weighted by Crippen LogP contribution is 2.30. The molecular weight excluding hydrogens is 1490 g/mol. The van der Waals surface area contributed by atoms with E-state index in [1.807, 2.05) is 27.7 Å². The third-order valence-corrected chi connectivity index (χ3v) is 17.0. The lowest BCUT2D eigenvalue weighted by atomic mass is 9.91. The van der Waals surface area contributed by atoms with Crippen LogP contribution >= 0.6 is 0 Å². The van der Waals surface area contributed by atoms with Gasteiger partial charge in [0.1, 0.15) is 62.9 Å². The minimum absolute atomic E-state index is 0.0486. The SMILES string of the molecule is C=CC(=O)OCCCCCCOc1ccc(C(=O)Oc2ccc(OC(=O)c3ccc(OC(=O)C=C)cc3)cc2)cc1.C=CC(=O)OCCCCCCOc1ccc(C(=O)Oc2ccc(OC(=O)c3ccc(OCCCCCCOC(=O)C=C)cc3)c(C(=O)OCCCCC)c2)cc1.CCC(C)(C)C(=O)Oc1ccc2ccc(=O)oc2c1. The van der Waals surface area contributed by atoms with Crippen LogP contribution in [0.1, 0.15) is 182 Å². The summed E-state index contributed by atoms with van der Waals surface area (Å²) in [6.07, 6.45) is 17.9. The predicted molar refractivity (Wildman–Crippen MR) is 432 cm³/mol. The molecule has 0 unspecified atom stereocenters. The van der Waals surface area contributed by atoms with Crippen LogP contribution in [-0.4, -0.2) is 106 Å². The molecule has 8 rings (SSSR count). The Morgan fingerprint density at radius 2 is 0.655 bits per heavy atom. The van der Waals surface area contributed by atoms with E-state index in [0.717, 1.165) is 120 Å². The molecule has 0 aliphatic heterocycles. The highest BCUT2D eigenvalue weighted by molar-refractivity contribution is 5.98. The van der Waals surface area contributed by atoms with E-state index in [9.17, 15) is 52.7 Å². The summed E-state index contributed by atoms with van der Waals surface area (Å²) in [4.78, 5) is 132. The van der Waals surface area contributed by atoms with Gasteiger partial charge in [-0.3, -0.25) is 4.79 Å². The van der Waals surface area contributed by atoms with Gasteiger partial charge in [-0.05, 0) is 261 Å². The first-order valence-corrected chi connectivity index (χ1v) is 38.1. The maximum absolute atomic E-state index is 13.2. The zero-order valence-corrected chi connectivity index (χ0v) is 65.8. The summed E-state index contributed by atoms with van der Waals surface area (Å²) in [6.45, 7) is 23.8. The van der Waals surface area contributed by atoms with Crippen molar-refractivity contribution >= 4 is 70.7 Å². The van der Waals surface area contributed by atoms with E-state index in [2.05, 4.69) is 26.3 Å². The van der Waals surface area contributed by atoms with E-state index in [4.69, 9.17) is 66.0 Å². The Morgan fingerprint density at radius 3 is 1.06 bits per heavy atom. The van der Waals surface area contributed by atoms with Gasteiger partial charge in [0.2, 0.25) is 0 Å². The smallest absolute Gasteiger partial charge is 0.343 e. The van der Waals surface area contributed by atoms with Crippen molar-refractivity contribution in [1.82, 2.24) is 0 Å². The summed E-state index contributed by atoms with van der Waals surface area (Å²) in [7, 11) is 0. The monoisotopic (exact) mass is 1590 g/mol. The number of fused-ring (bicyclic) bond motifs is 1. The van der Waals surface area contributed by atoms with E-state index in [0.29, 0.717) is 86.6 Å². The molecule has 0 radical (unpaired) electrons. The largest absolute Gasteiger partial charge is 0.494 e. The van der Waals surface area contributed by atoms with Crippen molar-refractivity contribution < 1.29 is 114 Å². The molecule has 25 heteroatoms. The molecule has 0 aliphatic carbocycles. The second-order valence-corrected chi connectivity index (χ2v) is 26.2. The molecular formula is C91H98O25. The first-order chi connectivity index (χ1) is 56.0. The lowest BCUT2D eigenvalue weighted by Gasteiger charge is -2.20. The van der Waals surface area contributed by atoms with Crippen molar-refractivity contribution in [2.75, 3.05) is 46.2 Å². The number of benzene rings is 7. The van der Waals surface area contributed by atoms with Crippen molar-refractivity contribution in [2.24, 2.45) is 5.41 Å². The Bertz CT molecular complexity index is 4610. The Labute approximate surface area is 674 Å². The summed E-state index contributed by atoms with van der Waals surface area (Å²) in [5.74, 6) is -2.36. The number of hydrogen-bond acceptors (Lipinski definition) is 25. The van der Waals surface area contributed by atoms with Gasteiger partial charge in [0.25, 0.3) is 0 Å². The molecule has 116 heavy (non-hydrogen) atoms. The van der Waals surface area contributed by atoms with E-state index < -0.39 is 64.8 Å². The third-order valence-electron chi connectivity index (χ3n) is 17.0. The summed E-state index contributed by atoms with van der Waals surface area (Å²) in [6, 6.07) is 43.6. The zero-order chi connectivity index (χ0) is 83.9. The van der Waals surface area contributed by atoms with Gasteiger partial charge in [-0.1, -0.05) is 53.0 Å². The molecule has 1 aromatic heterocycles. The highest BCUT2D eigenvalue weighted by atomic mass is 16.6. The van der Waals surface area contributed by atoms with Crippen molar-refractivity contribution in [2.45, 2.75) is 130 Å². The number of unbranched alkanes of at least 4 members (excludes halogenated alkanes) is 11. The lowest BCUT2D eigenvalue weighted by molar-refractivity contribution is -0.144. The van der Waals surface area contributed by atoms with E-state index in [1.165, 1.54) is 72.8 Å². The minimum Gasteiger partial charge on any atom is -0.494 e. The second-order valence-electron chi connectivity index (χ2n) is 26.2. The van der Waals surface area contributed by atoms with Gasteiger partial charge in [-0.2, -0.15) is 0 Å². The normalized spacial score (nSPS) is 10.5. The van der Waals surface area contributed by atoms with E-state index >= 15 is 0 Å². The summed E-state index contributed by atoms with van der Waals surface area (Å²) < 4.78 is 74.8. The standard InChI is InChI=1S/C44H52O12.C32H30O9.C15H16O4/c1-4-7-12-31-54-44(49)38-32-37(55-42(47)33-17-21-35(22-18-33)50-27-13-8-10-15-29-52-40(45)5-2)25-26-39(38)56-43(48)34-19-23-36(24-20-34)51-28-14-9-11-16-30-53-41(46)6-3;1-3-29(33)38-22-8-6-5-7-21-37-25-13-9-23(10-14-25)31(35)40-27-17-19-28(20-18-27)41-32(36)24-11-15-26(16-12-24)39-30(34)4-2;1-4-15(2,3)14(17)18-11-7-5-10-6-8-13(16)19-12(10)9-11/h5-6,17-26,32H,2-4,7-16,27-31H2,1H3;3-4,9-20H,1-2,5-8,21-22H2;5-9H,4H2,1-3H3. The van der Waals surface area contributed by atoms with Crippen molar-refractivity contribution in [3.05, 3.63) is 259 Å². The molecule has 0 fully saturated rings. The molecule has 0 bridgehead atoms. The maximum Gasteiger partial charge on any atom is 0.343 e. The summed E-state index contributed by atoms with van der Waals surface area (Å²) >= 11 is 0. The molecule has 25 nitrogen and oxygen atoms in total. The van der Waals surface area contributed by atoms with Crippen LogP contribution in [0, 0.1) is 5.41 Å². The molecule has 0 amide bonds. The van der Waals surface area contributed by atoms with Crippen LogP contribution in [0.3, 0.4) is 0 Å². The number of esters is 10. The Balaban J connectivity index is 0.000000302. The molecule has 1 heterocycles. The number of hydrogen-bond donors (Lipinski definition) is 0. The molecule has 7 aromatic carbocycles. The molecule has 0 N–H and O–H groups in total. The molecule has 8 aromatic rings. The molecule has 612 valence electrons. The van der Waals surface area contributed by atoms with Gasteiger partial charge < -0.3 is 66.0 Å². The van der Waals surface area contributed by atoms with Crippen LogP contribution in [0.15, 0.2) is 230 Å². The summed E-state index contributed by atoms with van der Waals surface area (Å²) in [5, 5.41) is 0.786. The number of rotatable bonds is 45. The van der Waals surface area contributed by atoms with E-state index in [-0.39, 0.29) is 63.6 Å².